The first kappa shape index (κ1) is 14.2. The van der Waals surface area contributed by atoms with Gasteiger partial charge in [-0.15, -0.1) is 11.6 Å². The van der Waals surface area contributed by atoms with Gasteiger partial charge in [0.1, 0.15) is 5.82 Å². The number of hydrogen-bond acceptors (Lipinski definition) is 1. The maximum Gasteiger partial charge on any atom is 0.132 e. The van der Waals surface area contributed by atoms with Crippen molar-refractivity contribution in [3.63, 3.8) is 0 Å². The second-order valence-electron chi connectivity index (χ2n) is 5.63. The Hall–Kier alpha value is -1.80. The Kier molecular flexibility index (Phi) is 3.50. The first-order chi connectivity index (χ1) is 9.99. The fourth-order valence-corrected chi connectivity index (χ4v) is 2.85. The highest BCUT2D eigenvalue weighted by Crippen LogP contribution is 2.30. The van der Waals surface area contributed by atoms with Crippen molar-refractivity contribution in [2.75, 3.05) is 0 Å². The van der Waals surface area contributed by atoms with Crippen LogP contribution in [-0.4, -0.2) is 9.55 Å². The zero-order valence-electron chi connectivity index (χ0n) is 12.8. The molecule has 3 rings (SSSR count). The maximum absolute atomic E-state index is 6.38. The second kappa shape index (κ2) is 5.19. The van der Waals surface area contributed by atoms with Crippen LogP contribution in [0, 0.1) is 20.8 Å². The zero-order chi connectivity index (χ0) is 15.1. The van der Waals surface area contributed by atoms with Gasteiger partial charge in [0.2, 0.25) is 0 Å². The minimum Gasteiger partial charge on any atom is -0.295 e. The number of imidazole rings is 1. The summed E-state index contributed by atoms with van der Waals surface area (Å²) >= 11 is 6.38. The van der Waals surface area contributed by atoms with Gasteiger partial charge < -0.3 is 0 Å². The van der Waals surface area contributed by atoms with Crippen molar-refractivity contribution in [1.29, 1.82) is 0 Å². The van der Waals surface area contributed by atoms with Gasteiger partial charge >= 0.3 is 0 Å². The van der Waals surface area contributed by atoms with Crippen molar-refractivity contribution in [1.82, 2.24) is 9.55 Å². The largest absolute Gasteiger partial charge is 0.295 e. The molecule has 1 heterocycles. The van der Waals surface area contributed by atoms with Gasteiger partial charge in [0.25, 0.3) is 0 Å². The Morgan fingerprint density at radius 3 is 2.57 bits per heavy atom. The summed E-state index contributed by atoms with van der Waals surface area (Å²) in [5, 5.41) is -0.141. The summed E-state index contributed by atoms with van der Waals surface area (Å²) in [6, 6.07) is 12.7. The van der Waals surface area contributed by atoms with Crippen LogP contribution in [0.25, 0.3) is 16.7 Å². The molecule has 2 aromatic carbocycles. The summed E-state index contributed by atoms with van der Waals surface area (Å²) in [5.74, 6) is 0.894. The highest BCUT2D eigenvalue weighted by Gasteiger charge is 2.17. The van der Waals surface area contributed by atoms with E-state index in [-0.39, 0.29) is 5.38 Å². The average Bonchev–Trinajstić information content (AvgIpc) is 2.80. The molecule has 1 atom stereocenters. The third-order valence-electron chi connectivity index (χ3n) is 4.01. The van der Waals surface area contributed by atoms with E-state index in [1.807, 2.05) is 6.92 Å². The number of nitrogens with zero attached hydrogens (tertiary/aromatic N) is 2. The molecule has 0 spiro atoms. The van der Waals surface area contributed by atoms with Gasteiger partial charge in [-0.05, 0) is 62.6 Å². The molecule has 0 fully saturated rings. The summed E-state index contributed by atoms with van der Waals surface area (Å²) in [5.41, 5.74) is 7.02. The Morgan fingerprint density at radius 1 is 1.10 bits per heavy atom. The average molecular weight is 299 g/mol. The van der Waals surface area contributed by atoms with E-state index in [2.05, 4.69) is 61.7 Å². The Bertz CT molecular complexity index is 815. The molecule has 0 bridgehead atoms. The van der Waals surface area contributed by atoms with E-state index in [0.717, 1.165) is 22.5 Å². The Labute approximate surface area is 130 Å². The lowest BCUT2D eigenvalue weighted by atomic mass is 10.1. The van der Waals surface area contributed by atoms with E-state index >= 15 is 0 Å². The monoisotopic (exact) mass is 298 g/mol. The predicted molar refractivity (Wildman–Crippen MR) is 89.5 cm³/mol. The Morgan fingerprint density at radius 2 is 1.86 bits per heavy atom. The summed E-state index contributed by atoms with van der Waals surface area (Å²) in [4.78, 5) is 4.73. The number of hydrogen-bond donors (Lipinski definition) is 0. The number of alkyl halides is 1. The van der Waals surface area contributed by atoms with Crippen LogP contribution in [0.3, 0.4) is 0 Å². The molecule has 0 N–H and O–H groups in total. The highest BCUT2D eigenvalue weighted by atomic mass is 35.5. The summed E-state index contributed by atoms with van der Waals surface area (Å²) in [6.45, 7) is 8.35. The van der Waals surface area contributed by atoms with Crippen LogP contribution in [0.5, 0.6) is 0 Å². The quantitative estimate of drug-likeness (QED) is 0.591. The summed E-state index contributed by atoms with van der Waals surface area (Å²) < 4.78 is 2.20. The number of benzene rings is 2. The standard InChI is InChI=1S/C18H19ClN2/c1-11-8-9-15-17(10-11)21(18(20-15)14(4)19)16-7-5-6-12(2)13(16)3/h5-10,14H,1-4H3. The molecule has 0 amide bonds. The van der Waals surface area contributed by atoms with E-state index in [1.54, 1.807) is 0 Å². The highest BCUT2D eigenvalue weighted by molar-refractivity contribution is 6.20. The second-order valence-corrected chi connectivity index (χ2v) is 6.29. The van der Waals surface area contributed by atoms with Crippen LogP contribution in [0.15, 0.2) is 36.4 Å². The molecular formula is C18H19ClN2. The first-order valence-electron chi connectivity index (χ1n) is 7.18. The van der Waals surface area contributed by atoms with Gasteiger partial charge in [0.05, 0.1) is 22.1 Å². The van der Waals surface area contributed by atoms with Crippen molar-refractivity contribution in [2.24, 2.45) is 0 Å². The number of fused-ring (bicyclic) bond motifs is 1. The van der Waals surface area contributed by atoms with Crippen molar-refractivity contribution >= 4 is 22.6 Å². The molecule has 0 aliphatic rings. The lowest BCUT2D eigenvalue weighted by Gasteiger charge is -2.15. The molecule has 2 nitrogen and oxygen atoms in total. The SMILES string of the molecule is Cc1ccc2nc(C(C)Cl)n(-c3cccc(C)c3C)c2c1. The van der Waals surface area contributed by atoms with Crippen LogP contribution < -0.4 is 0 Å². The van der Waals surface area contributed by atoms with E-state index in [1.165, 1.54) is 16.7 Å². The molecule has 108 valence electrons. The summed E-state index contributed by atoms with van der Waals surface area (Å²) in [6.07, 6.45) is 0. The molecule has 0 saturated carbocycles. The molecule has 21 heavy (non-hydrogen) atoms. The van der Waals surface area contributed by atoms with Crippen LogP contribution in [-0.2, 0) is 0 Å². The molecular weight excluding hydrogens is 280 g/mol. The minimum absolute atomic E-state index is 0.141. The molecule has 0 aliphatic carbocycles. The molecule has 3 heteroatoms. The van der Waals surface area contributed by atoms with E-state index in [0.29, 0.717) is 0 Å². The molecule has 1 unspecified atom stereocenters. The molecule has 3 aromatic rings. The molecule has 0 radical (unpaired) electrons. The first-order valence-corrected chi connectivity index (χ1v) is 7.62. The van der Waals surface area contributed by atoms with Crippen LogP contribution >= 0.6 is 11.6 Å². The third kappa shape index (κ3) is 2.34. The number of halogens is 1. The van der Waals surface area contributed by atoms with Crippen LogP contribution in [0.2, 0.25) is 0 Å². The van der Waals surface area contributed by atoms with Crippen molar-refractivity contribution in [3.8, 4) is 5.69 Å². The number of aromatic nitrogens is 2. The van der Waals surface area contributed by atoms with Gasteiger partial charge in [-0.25, -0.2) is 4.98 Å². The third-order valence-corrected chi connectivity index (χ3v) is 4.20. The fourth-order valence-electron chi connectivity index (χ4n) is 2.70. The zero-order valence-corrected chi connectivity index (χ0v) is 13.6. The number of aryl methyl sites for hydroxylation is 2. The summed E-state index contributed by atoms with van der Waals surface area (Å²) in [7, 11) is 0. The van der Waals surface area contributed by atoms with Gasteiger partial charge in [-0.2, -0.15) is 0 Å². The maximum atomic E-state index is 6.38. The number of rotatable bonds is 2. The minimum atomic E-state index is -0.141. The van der Waals surface area contributed by atoms with Crippen molar-refractivity contribution in [3.05, 3.63) is 58.9 Å². The van der Waals surface area contributed by atoms with E-state index in [4.69, 9.17) is 16.6 Å². The lowest BCUT2D eigenvalue weighted by molar-refractivity contribution is 0.877. The van der Waals surface area contributed by atoms with Crippen molar-refractivity contribution in [2.45, 2.75) is 33.1 Å². The van der Waals surface area contributed by atoms with Gasteiger partial charge in [-0.3, -0.25) is 4.57 Å². The normalized spacial score (nSPS) is 12.8. The topological polar surface area (TPSA) is 17.8 Å². The van der Waals surface area contributed by atoms with Crippen LogP contribution in [0.4, 0.5) is 0 Å². The van der Waals surface area contributed by atoms with Crippen LogP contribution in [0.1, 0.15) is 34.8 Å². The molecule has 0 aliphatic heterocycles. The van der Waals surface area contributed by atoms with Gasteiger partial charge in [0, 0.05) is 0 Å². The van der Waals surface area contributed by atoms with Gasteiger partial charge in [0.15, 0.2) is 0 Å². The lowest BCUT2D eigenvalue weighted by Crippen LogP contribution is -2.04. The smallest absolute Gasteiger partial charge is 0.132 e. The Balaban J connectivity index is 2.41. The van der Waals surface area contributed by atoms with Gasteiger partial charge in [-0.1, -0.05) is 18.2 Å². The predicted octanol–water partition coefficient (Wildman–Crippen LogP) is 5.25. The molecule has 0 saturated heterocycles. The van der Waals surface area contributed by atoms with Crippen molar-refractivity contribution < 1.29 is 0 Å². The fraction of sp³-hybridized carbons (Fsp3) is 0.278. The van der Waals surface area contributed by atoms with E-state index < -0.39 is 0 Å². The molecule has 1 aromatic heterocycles. The van der Waals surface area contributed by atoms with E-state index in [9.17, 15) is 0 Å².